The van der Waals surface area contributed by atoms with Crippen molar-refractivity contribution < 1.29 is 4.39 Å². The zero-order chi connectivity index (χ0) is 14.8. The van der Waals surface area contributed by atoms with Crippen molar-refractivity contribution in [3.63, 3.8) is 0 Å². The van der Waals surface area contributed by atoms with Gasteiger partial charge in [0.2, 0.25) is 0 Å². The van der Waals surface area contributed by atoms with Gasteiger partial charge in [0, 0.05) is 0 Å². The Hall–Kier alpha value is -1.89. The molecule has 0 aliphatic carbocycles. The van der Waals surface area contributed by atoms with E-state index in [1.54, 1.807) is 23.0 Å². The van der Waals surface area contributed by atoms with Gasteiger partial charge in [-0.15, -0.1) is 0 Å². The predicted octanol–water partition coefficient (Wildman–Crippen LogP) is 3.85. The van der Waals surface area contributed by atoms with Crippen LogP contribution in [0.3, 0.4) is 0 Å². The third-order valence-corrected chi connectivity index (χ3v) is 4.16. The number of halogens is 2. The van der Waals surface area contributed by atoms with Crippen molar-refractivity contribution in [3.05, 3.63) is 81.3 Å². The van der Waals surface area contributed by atoms with Crippen molar-refractivity contribution in [2.24, 2.45) is 0 Å². The smallest absolute Gasteiger partial charge is 0.136 e. The largest absolute Gasteiger partial charge is 0.383 e. The highest BCUT2D eigenvalue weighted by Crippen LogP contribution is 2.30. The zero-order valence-electron chi connectivity index (χ0n) is 11.1. The maximum absolute atomic E-state index is 13.2. The molecular formula is C16H13FIN3. The Morgan fingerprint density at radius 2 is 1.62 bits per heavy atom. The van der Waals surface area contributed by atoms with E-state index in [4.69, 9.17) is 5.73 Å². The fourth-order valence-electron chi connectivity index (χ4n) is 2.31. The van der Waals surface area contributed by atoms with Crippen LogP contribution >= 0.6 is 22.6 Å². The molecule has 2 aromatic carbocycles. The van der Waals surface area contributed by atoms with Crippen molar-refractivity contribution in [2.45, 2.75) is 6.04 Å². The second kappa shape index (κ2) is 5.85. The van der Waals surface area contributed by atoms with Crippen molar-refractivity contribution >= 4 is 28.4 Å². The highest BCUT2D eigenvalue weighted by molar-refractivity contribution is 14.1. The summed E-state index contributed by atoms with van der Waals surface area (Å²) in [4.78, 5) is 0. The standard InChI is InChI=1S/C16H13FIN3/c17-13-8-6-12(7-9-13)15(11-4-2-1-3-5-11)21-16(19)14(18)10-20-21/h1-10,15H,19H2. The Morgan fingerprint density at radius 3 is 2.19 bits per heavy atom. The average molecular weight is 393 g/mol. The molecule has 1 aromatic heterocycles. The Balaban J connectivity index is 2.16. The summed E-state index contributed by atoms with van der Waals surface area (Å²) in [6, 6.07) is 16.2. The van der Waals surface area contributed by atoms with Gasteiger partial charge < -0.3 is 5.73 Å². The monoisotopic (exact) mass is 393 g/mol. The first-order valence-electron chi connectivity index (χ1n) is 6.45. The lowest BCUT2D eigenvalue weighted by molar-refractivity contribution is 0.597. The molecule has 106 valence electrons. The minimum atomic E-state index is -0.256. The van der Waals surface area contributed by atoms with Crippen molar-refractivity contribution in [2.75, 3.05) is 5.73 Å². The van der Waals surface area contributed by atoms with Gasteiger partial charge in [-0.1, -0.05) is 42.5 Å². The van der Waals surface area contributed by atoms with Crippen LogP contribution < -0.4 is 5.73 Å². The molecule has 3 nitrogen and oxygen atoms in total. The molecule has 0 bridgehead atoms. The van der Waals surface area contributed by atoms with E-state index in [1.165, 1.54) is 12.1 Å². The van der Waals surface area contributed by atoms with Gasteiger partial charge >= 0.3 is 0 Å². The van der Waals surface area contributed by atoms with E-state index in [0.29, 0.717) is 5.82 Å². The second-order valence-corrected chi connectivity index (χ2v) is 5.85. The van der Waals surface area contributed by atoms with Gasteiger partial charge in [0.1, 0.15) is 17.7 Å². The Labute approximate surface area is 135 Å². The van der Waals surface area contributed by atoms with E-state index in [-0.39, 0.29) is 11.9 Å². The number of nitrogen functional groups attached to an aromatic ring is 1. The summed E-state index contributed by atoms with van der Waals surface area (Å²) in [5.41, 5.74) is 8.12. The fraction of sp³-hybridized carbons (Fsp3) is 0.0625. The van der Waals surface area contributed by atoms with E-state index in [2.05, 4.69) is 27.7 Å². The maximum Gasteiger partial charge on any atom is 0.136 e. The first-order valence-corrected chi connectivity index (χ1v) is 7.53. The van der Waals surface area contributed by atoms with Crippen LogP contribution in [0.15, 0.2) is 60.8 Å². The lowest BCUT2D eigenvalue weighted by Crippen LogP contribution is -2.16. The van der Waals surface area contributed by atoms with Crippen LogP contribution in [0.1, 0.15) is 17.2 Å². The molecule has 0 spiro atoms. The molecule has 0 radical (unpaired) electrons. The van der Waals surface area contributed by atoms with Crippen molar-refractivity contribution in [1.82, 2.24) is 9.78 Å². The fourth-order valence-corrected chi connectivity index (χ4v) is 2.68. The van der Waals surface area contributed by atoms with Crippen molar-refractivity contribution in [3.8, 4) is 0 Å². The molecule has 2 N–H and O–H groups in total. The first kappa shape index (κ1) is 14.1. The average Bonchev–Trinajstić information content (AvgIpc) is 2.83. The zero-order valence-corrected chi connectivity index (χ0v) is 13.2. The molecule has 21 heavy (non-hydrogen) atoms. The van der Waals surface area contributed by atoms with Gasteiger partial charge in [0.25, 0.3) is 0 Å². The number of nitrogens with two attached hydrogens (primary N) is 1. The lowest BCUT2D eigenvalue weighted by Gasteiger charge is -2.20. The molecule has 0 fully saturated rings. The Kier molecular flexibility index (Phi) is 3.92. The summed E-state index contributed by atoms with van der Waals surface area (Å²) in [7, 11) is 0. The topological polar surface area (TPSA) is 43.8 Å². The summed E-state index contributed by atoms with van der Waals surface area (Å²) in [5, 5.41) is 4.38. The maximum atomic E-state index is 13.2. The third-order valence-electron chi connectivity index (χ3n) is 3.33. The third kappa shape index (κ3) is 2.78. The normalized spacial score (nSPS) is 12.3. The highest BCUT2D eigenvalue weighted by Gasteiger charge is 2.20. The number of aromatic nitrogens is 2. The molecule has 0 saturated heterocycles. The molecule has 5 heteroatoms. The van der Waals surface area contributed by atoms with Gasteiger partial charge in [0.15, 0.2) is 0 Å². The van der Waals surface area contributed by atoms with Crippen LogP contribution in [-0.2, 0) is 0 Å². The molecule has 1 heterocycles. The van der Waals surface area contributed by atoms with E-state index in [9.17, 15) is 4.39 Å². The van der Waals surface area contributed by atoms with Gasteiger partial charge in [0.05, 0.1) is 9.77 Å². The molecule has 1 unspecified atom stereocenters. The molecule has 0 amide bonds. The molecule has 0 aliphatic heterocycles. The molecule has 0 saturated carbocycles. The molecule has 1 atom stereocenters. The summed E-state index contributed by atoms with van der Waals surface area (Å²) >= 11 is 2.15. The SMILES string of the molecule is Nc1c(I)cnn1C(c1ccccc1)c1ccc(F)cc1. The summed E-state index contributed by atoms with van der Waals surface area (Å²) in [5.74, 6) is 0.349. The number of nitrogens with zero attached hydrogens (tertiary/aromatic N) is 2. The number of hydrogen-bond acceptors (Lipinski definition) is 2. The molecule has 3 aromatic rings. The van der Waals surface area contributed by atoms with Crippen LogP contribution in [0.5, 0.6) is 0 Å². The van der Waals surface area contributed by atoms with Crippen LogP contribution in [0.4, 0.5) is 10.2 Å². The quantitative estimate of drug-likeness (QED) is 0.688. The van der Waals surface area contributed by atoms with E-state index < -0.39 is 0 Å². The molecule has 3 rings (SSSR count). The highest BCUT2D eigenvalue weighted by atomic mass is 127. The van der Waals surface area contributed by atoms with E-state index in [0.717, 1.165) is 14.7 Å². The van der Waals surface area contributed by atoms with Crippen LogP contribution in [0.2, 0.25) is 0 Å². The van der Waals surface area contributed by atoms with Crippen molar-refractivity contribution in [1.29, 1.82) is 0 Å². The summed E-state index contributed by atoms with van der Waals surface area (Å²) in [6.45, 7) is 0. The van der Waals surface area contributed by atoms with Crippen LogP contribution in [0, 0.1) is 9.39 Å². The van der Waals surface area contributed by atoms with Gasteiger partial charge in [-0.3, -0.25) is 0 Å². The summed E-state index contributed by atoms with van der Waals surface area (Å²) < 4.78 is 15.9. The number of hydrogen-bond donors (Lipinski definition) is 1. The summed E-state index contributed by atoms with van der Waals surface area (Å²) in [6.07, 6.45) is 1.73. The second-order valence-electron chi connectivity index (χ2n) is 4.69. The number of rotatable bonds is 3. The minimum absolute atomic E-state index is 0.171. The van der Waals surface area contributed by atoms with Gasteiger partial charge in [-0.05, 0) is 45.9 Å². The van der Waals surface area contributed by atoms with Gasteiger partial charge in [-0.2, -0.15) is 5.10 Å². The van der Waals surface area contributed by atoms with Crippen LogP contribution in [0.25, 0.3) is 0 Å². The molecule has 0 aliphatic rings. The first-order chi connectivity index (χ1) is 10.2. The van der Waals surface area contributed by atoms with E-state index in [1.807, 2.05) is 30.3 Å². The number of benzene rings is 2. The molecular weight excluding hydrogens is 380 g/mol. The Morgan fingerprint density at radius 1 is 1.00 bits per heavy atom. The predicted molar refractivity (Wildman–Crippen MR) is 89.4 cm³/mol. The lowest BCUT2D eigenvalue weighted by atomic mass is 9.99. The van der Waals surface area contributed by atoms with Crippen LogP contribution in [-0.4, -0.2) is 9.78 Å². The number of anilines is 1. The van der Waals surface area contributed by atoms with E-state index >= 15 is 0 Å². The Bertz CT molecular complexity index is 738. The van der Waals surface area contributed by atoms with Gasteiger partial charge in [-0.25, -0.2) is 9.07 Å². The minimum Gasteiger partial charge on any atom is -0.383 e.